The molecule has 12 nitrogen and oxygen atoms in total. The van der Waals surface area contributed by atoms with E-state index >= 15 is 0 Å². The van der Waals surface area contributed by atoms with Gasteiger partial charge in [-0.05, 0) is 105 Å². The summed E-state index contributed by atoms with van der Waals surface area (Å²) in [5.74, 6) is 0.863. The van der Waals surface area contributed by atoms with Crippen LogP contribution >= 0.6 is 11.3 Å². The number of hydrogen-bond donors (Lipinski definition) is 0. The number of aromatic nitrogens is 2. The van der Waals surface area contributed by atoms with Crippen LogP contribution in [0.5, 0.6) is 11.5 Å². The molecule has 1 aliphatic carbocycles. The van der Waals surface area contributed by atoms with Crippen molar-refractivity contribution in [3.8, 4) is 11.5 Å². The maximum atomic E-state index is 13.1. The quantitative estimate of drug-likeness (QED) is 0.0557. The lowest BCUT2D eigenvalue weighted by Gasteiger charge is -2.43. The predicted molar refractivity (Wildman–Crippen MR) is 219 cm³/mol. The lowest BCUT2D eigenvalue weighted by molar-refractivity contribution is -0.132. The first kappa shape index (κ1) is 38.6. The second-order valence-electron chi connectivity index (χ2n) is 15.1. The summed E-state index contributed by atoms with van der Waals surface area (Å²) < 4.78 is 18.8. The number of benzene rings is 2. The standard InChI is InChI=1S/C44H47N5O7S/c1-54-32-12-14-37-40(25-32)57-42(46-37)8-4-3-7-29-9-16-41(45-26-29)48-27-34(28-48)56-31-17-20-47(21-18-31)19-5-2-6-22-55-33-11-13-35-36(24-33)44(53)49(43(35)52)38-15-10-30(50)23-39(38)51/h3-4,7-9,11-14,16,24-26,31,34,38H,2,5-6,10,15,17-23,27-28H2,1H3/b7-3+,8-4+. The number of anilines is 1. The van der Waals surface area contributed by atoms with E-state index < -0.39 is 17.9 Å². The number of thiazole rings is 1. The highest BCUT2D eigenvalue weighted by molar-refractivity contribution is 7.19. The summed E-state index contributed by atoms with van der Waals surface area (Å²) in [7, 11) is 1.67. The van der Waals surface area contributed by atoms with Gasteiger partial charge in [0.15, 0.2) is 5.78 Å². The lowest BCUT2D eigenvalue weighted by Crippen LogP contribution is -2.54. The van der Waals surface area contributed by atoms with Crippen LogP contribution in [-0.4, -0.2) is 108 Å². The van der Waals surface area contributed by atoms with Gasteiger partial charge in [0.25, 0.3) is 11.8 Å². The fraction of sp³-hybridized carbons (Fsp3) is 0.409. The smallest absolute Gasteiger partial charge is 0.262 e. The van der Waals surface area contributed by atoms with E-state index in [0.717, 1.165) is 102 Å². The van der Waals surface area contributed by atoms with Crippen LogP contribution in [0, 0.1) is 0 Å². The maximum Gasteiger partial charge on any atom is 0.262 e. The molecule has 4 aromatic rings. The van der Waals surface area contributed by atoms with Crippen molar-refractivity contribution in [1.82, 2.24) is 19.8 Å². The molecule has 0 N–H and O–H groups in total. The molecule has 1 atom stereocenters. The van der Waals surface area contributed by atoms with Gasteiger partial charge in [0.2, 0.25) is 0 Å². The third-order valence-corrected chi connectivity index (χ3v) is 12.1. The number of methoxy groups -OCH3 is 1. The van der Waals surface area contributed by atoms with Crippen molar-refractivity contribution >= 4 is 62.9 Å². The predicted octanol–water partition coefficient (Wildman–Crippen LogP) is 6.63. The average molecular weight is 790 g/mol. The number of pyridine rings is 1. The number of amides is 2. The van der Waals surface area contributed by atoms with Gasteiger partial charge in [-0.15, -0.1) is 11.3 Å². The first-order chi connectivity index (χ1) is 27.8. The first-order valence-corrected chi connectivity index (χ1v) is 20.7. The Hall–Kier alpha value is -5.24. The zero-order chi connectivity index (χ0) is 39.3. The molecule has 296 valence electrons. The van der Waals surface area contributed by atoms with Crippen LogP contribution in [0.1, 0.15) is 82.7 Å². The van der Waals surface area contributed by atoms with E-state index in [2.05, 4.69) is 26.9 Å². The molecule has 4 aliphatic rings. The van der Waals surface area contributed by atoms with Gasteiger partial charge in [0, 0.05) is 38.8 Å². The Morgan fingerprint density at radius 2 is 1.65 bits per heavy atom. The van der Waals surface area contributed by atoms with E-state index in [1.54, 1.807) is 36.6 Å². The van der Waals surface area contributed by atoms with E-state index in [-0.39, 0.29) is 48.1 Å². The Labute approximate surface area is 336 Å². The fourth-order valence-electron chi connectivity index (χ4n) is 7.91. The van der Waals surface area contributed by atoms with Gasteiger partial charge in [-0.1, -0.05) is 18.2 Å². The van der Waals surface area contributed by atoms with Crippen LogP contribution in [-0.2, 0) is 14.3 Å². The van der Waals surface area contributed by atoms with Crippen molar-refractivity contribution in [3.63, 3.8) is 0 Å². The van der Waals surface area contributed by atoms with Crippen LogP contribution in [0.25, 0.3) is 22.4 Å². The molecule has 0 bridgehead atoms. The highest BCUT2D eigenvalue weighted by Gasteiger charge is 2.44. The van der Waals surface area contributed by atoms with Crippen LogP contribution in [0.15, 0.2) is 66.9 Å². The number of rotatable bonds is 15. The van der Waals surface area contributed by atoms with Crippen LogP contribution in [0.3, 0.4) is 0 Å². The molecule has 5 heterocycles. The number of likely N-dealkylation sites (tertiary alicyclic amines) is 1. The first-order valence-electron chi connectivity index (χ1n) is 19.9. The SMILES string of the molecule is COc1ccc2nc(/C=C/C=C/c3ccc(N4CC(OC5CCN(CCCCCOc6ccc7c(c6)C(=O)N(C6CCC(=O)CC6=O)C7=O)CC5)C4)nc3)sc2c1. The Bertz CT molecular complexity index is 2190. The zero-order valence-electron chi connectivity index (χ0n) is 32.1. The van der Waals surface area contributed by atoms with Crippen molar-refractivity contribution in [1.29, 1.82) is 0 Å². The lowest BCUT2D eigenvalue weighted by atomic mass is 9.92. The van der Waals surface area contributed by atoms with E-state index in [1.165, 1.54) is 0 Å². The number of carbonyl (C=O) groups excluding carboxylic acids is 4. The van der Waals surface area contributed by atoms with Gasteiger partial charge in [0.1, 0.15) is 28.1 Å². The summed E-state index contributed by atoms with van der Waals surface area (Å²) >= 11 is 1.64. The van der Waals surface area contributed by atoms with Crippen molar-refractivity contribution in [2.45, 2.75) is 69.6 Å². The number of ether oxygens (including phenoxy) is 3. The minimum Gasteiger partial charge on any atom is -0.497 e. The number of nitrogens with zero attached hydrogens (tertiary/aromatic N) is 5. The summed E-state index contributed by atoms with van der Waals surface area (Å²) in [6.07, 6.45) is 15.8. The molecule has 1 unspecified atom stereocenters. The van der Waals surface area contributed by atoms with E-state index in [9.17, 15) is 19.2 Å². The molecule has 8 rings (SSSR count). The molecule has 2 aromatic heterocycles. The number of ketones is 2. The van der Waals surface area contributed by atoms with Gasteiger partial charge in [-0.2, -0.15) is 0 Å². The molecule has 2 amide bonds. The molecule has 2 aromatic carbocycles. The van der Waals surface area contributed by atoms with Crippen LogP contribution < -0.4 is 14.4 Å². The number of carbonyl (C=O) groups is 4. The Balaban J connectivity index is 0.683. The van der Waals surface area contributed by atoms with E-state index in [1.807, 2.05) is 48.7 Å². The largest absolute Gasteiger partial charge is 0.497 e. The van der Waals surface area contributed by atoms with Crippen molar-refractivity contribution in [3.05, 3.63) is 88.6 Å². The minimum atomic E-state index is -0.869. The van der Waals surface area contributed by atoms with Gasteiger partial charge in [0.05, 0.1) is 59.7 Å². The molecule has 2 saturated heterocycles. The monoisotopic (exact) mass is 789 g/mol. The molecule has 0 radical (unpaired) electrons. The molecule has 3 aliphatic heterocycles. The third kappa shape index (κ3) is 9.01. The highest BCUT2D eigenvalue weighted by atomic mass is 32.1. The second-order valence-corrected chi connectivity index (χ2v) is 16.2. The summed E-state index contributed by atoms with van der Waals surface area (Å²) in [6, 6.07) is 14.1. The minimum absolute atomic E-state index is 0.147. The molecular formula is C44H47N5O7S. The molecule has 1 saturated carbocycles. The fourth-order valence-corrected chi connectivity index (χ4v) is 8.82. The summed E-state index contributed by atoms with van der Waals surface area (Å²) in [4.78, 5) is 65.3. The Morgan fingerprint density at radius 1 is 0.842 bits per heavy atom. The maximum absolute atomic E-state index is 13.1. The molecule has 3 fully saturated rings. The third-order valence-electron chi connectivity index (χ3n) is 11.1. The van der Waals surface area contributed by atoms with E-state index in [4.69, 9.17) is 19.2 Å². The molecule has 57 heavy (non-hydrogen) atoms. The number of imide groups is 1. The van der Waals surface area contributed by atoms with Crippen LogP contribution in [0.4, 0.5) is 5.82 Å². The van der Waals surface area contributed by atoms with Crippen molar-refractivity contribution in [2.24, 2.45) is 0 Å². The van der Waals surface area contributed by atoms with Gasteiger partial charge >= 0.3 is 0 Å². The number of hydrogen-bond acceptors (Lipinski definition) is 12. The van der Waals surface area contributed by atoms with E-state index in [0.29, 0.717) is 18.5 Å². The number of unbranched alkanes of at least 4 members (excludes halogenated alkanes) is 2. The summed E-state index contributed by atoms with van der Waals surface area (Å²) in [5, 5.41) is 0.953. The Morgan fingerprint density at radius 3 is 2.44 bits per heavy atom. The normalized spacial score (nSPS) is 19.7. The number of allylic oxidation sites excluding steroid dienone is 2. The molecule has 0 spiro atoms. The van der Waals surface area contributed by atoms with Crippen molar-refractivity contribution < 1.29 is 33.4 Å². The zero-order valence-corrected chi connectivity index (χ0v) is 33.0. The van der Waals surface area contributed by atoms with Crippen LogP contribution in [0.2, 0.25) is 0 Å². The highest BCUT2D eigenvalue weighted by Crippen LogP contribution is 2.32. The second kappa shape index (κ2) is 17.5. The van der Waals surface area contributed by atoms with Gasteiger partial charge in [-0.25, -0.2) is 9.97 Å². The number of Topliss-reactive ketones (excluding diaryl/α,β-unsaturated/α-hetero) is 2. The Kier molecular flexibility index (Phi) is 11.9. The average Bonchev–Trinajstić information content (AvgIpc) is 3.73. The van der Waals surface area contributed by atoms with Crippen molar-refractivity contribution in [2.75, 3.05) is 51.3 Å². The number of fused-ring (bicyclic) bond motifs is 2. The number of piperidine rings is 1. The van der Waals surface area contributed by atoms with Gasteiger partial charge in [-0.3, -0.25) is 24.1 Å². The topological polar surface area (TPSA) is 131 Å². The summed E-state index contributed by atoms with van der Waals surface area (Å²) in [6.45, 7) is 5.38. The molecule has 13 heteroatoms. The van der Waals surface area contributed by atoms with Gasteiger partial charge < -0.3 is 24.0 Å². The summed E-state index contributed by atoms with van der Waals surface area (Å²) in [5.41, 5.74) is 2.55. The molecular weight excluding hydrogens is 743 g/mol.